The molecule has 1 aromatic carbocycles. The van der Waals surface area contributed by atoms with Crippen LogP contribution in [0.4, 0.5) is 5.69 Å². The minimum atomic E-state index is 0.731. The number of rotatable bonds is 4. The summed E-state index contributed by atoms with van der Waals surface area (Å²) in [7, 11) is 0. The highest BCUT2D eigenvalue weighted by Gasteiger charge is 2.16. The molecule has 1 aliphatic rings. The normalized spacial score (nSPS) is 18.1. The van der Waals surface area contributed by atoms with Crippen LogP contribution in [-0.4, -0.2) is 42.5 Å². The number of hydrogen-bond donors (Lipinski definition) is 1. The molecule has 0 saturated carbocycles. The van der Waals surface area contributed by atoms with E-state index in [2.05, 4.69) is 16.7 Å². The first-order valence-electron chi connectivity index (χ1n) is 6.67. The van der Waals surface area contributed by atoms with Gasteiger partial charge < -0.3 is 10.6 Å². The second-order valence-corrected chi connectivity index (χ2v) is 5.45. The van der Waals surface area contributed by atoms with Crippen molar-refractivity contribution in [1.29, 1.82) is 0 Å². The fraction of sp³-hybridized carbons (Fsp3) is 0.571. The van der Waals surface area contributed by atoms with E-state index in [-0.39, 0.29) is 0 Å². The molecule has 1 aliphatic heterocycles. The molecular weight excluding hydrogens is 246 g/mol. The van der Waals surface area contributed by atoms with Gasteiger partial charge in [-0.1, -0.05) is 18.5 Å². The Bertz CT molecular complexity index is 366. The summed E-state index contributed by atoms with van der Waals surface area (Å²) in [6, 6.07) is 5.82. The molecule has 2 N–H and O–H groups in total. The van der Waals surface area contributed by atoms with Crippen molar-refractivity contribution in [1.82, 2.24) is 9.80 Å². The second kappa shape index (κ2) is 6.41. The number of nitrogen functional groups attached to an aromatic ring is 1. The monoisotopic (exact) mass is 267 g/mol. The van der Waals surface area contributed by atoms with Crippen LogP contribution in [0, 0.1) is 0 Å². The van der Waals surface area contributed by atoms with Crippen LogP contribution in [0.25, 0.3) is 0 Å². The van der Waals surface area contributed by atoms with Gasteiger partial charge in [0.2, 0.25) is 0 Å². The third-order valence-corrected chi connectivity index (χ3v) is 3.61. The van der Waals surface area contributed by atoms with Gasteiger partial charge in [0.15, 0.2) is 0 Å². The van der Waals surface area contributed by atoms with E-state index in [4.69, 9.17) is 17.3 Å². The molecule has 0 radical (unpaired) electrons. The molecule has 0 aliphatic carbocycles. The Hall–Kier alpha value is -0.770. The summed E-state index contributed by atoms with van der Waals surface area (Å²) in [5, 5.41) is 0.731. The number of hydrogen-bond acceptors (Lipinski definition) is 3. The first kappa shape index (κ1) is 13.7. The maximum absolute atomic E-state index is 6.03. The lowest BCUT2D eigenvalue weighted by molar-refractivity contribution is 0.127. The zero-order valence-electron chi connectivity index (χ0n) is 11.0. The molecule has 1 fully saturated rings. The number of benzene rings is 1. The number of halogens is 1. The smallest absolute Gasteiger partial charge is 0.0429 e. The van der Waals surface area contributed by atoms with Gasteiger partial charge in [0, 0.05) is 43.4 Å². The van der Waals surface area contributed by atoms with Gasteiger partial charge in [-0.2, -0.15) is 0 Å². The van der Waals surface area contributed by atoms with Crippen LogP contribution in [0.2, 0.25) is 5.02 Å². The first-order valence-corrected chi connectivity index (χ1v) is 7.05. The Kier molecular flexibility index (Phi) is 4.87. The molecule has 0 unspecified atom stereocenters. The Balaban J connectivity index is 1.87. The van der Waals surface area contributed by atoms with Crippen molar-refractivity contribution in [3.8, 4) is 0 Å². The minimum Gasteiger partial charge on any atom is -0.399 e. The van der Waals surface area contributed by atoms with Crippen LogP contribution in [-0.2, 0) is 6.54 Å². The average molecular weight is 268 g/mol. The van der Waals surface area contributed by atoms with Crippen molar-refractivity contribution in [2.75, 3.05) is 38.5 Å². The van der Waals surface area contributed by atoms with Gasteiger partial charge in [0.1, 0.15) is 0 Å². The minimum absolute atomic E-state index is 0.731. The number of nitrogens with zero attached hydrogens (tertiary/aromatic N) is 2. The van der Waals surface area contributed by atoms with Gasteiger partial charge in [-0.3, -0.25) is 4.90 Å². The van der Waals surface area contributed by atoms with E-state index in [0.29, 0.717) is 0 Å². The van der Waals surface area contributed by atoms with Crippen molar-refractivity contribution < 1.29 is 0 Å². The molecule has 0 bridgehead atoms. The maximum Gasteiger partial charge on any atom is 0.0429 e. The van der Waals surface area contributed by atoms with E-state index in [1.165, 1.54) is 31.6 Å². The Morgan fingerprint density at radius 1 is 1.11 bits per heavy atom. The molecule has 0 spiro atoms. The van der Waals surface area contributed by atoms with Gasteiger partial charge in [-0.15, -0.1) is 0 Å². The van der Waals surface area contributed by atoms with Gasteiger partial charge in [0.05, 0.1) is 0 Å². The molecule has 1 saturated heterocycles. The van der Waals surface area contributed by atoms with Crippen LogP contribution in [0.5, 0.6) is 0 Å². The fourth-order valence-electron chi connectivity index (χ4n) is 2.51. The molecule has 1 aromatic rings. The third kappa shape index (κ3) is 3.87. The summed E-state index contributed by atoms with van der Waals surface area (Å²) in [5.74, 6) is 0. The summed E-state index contributed by atoms with van der Waals surface area (Å²) >= 11 is 6.03. The lowest BCUT2D eigenvalue weighted by Gasteiger charge is -2.34. The Labute approximate surface area is 115 Å². The quantitative estimate of drug-likeness (QED) is 0.851. The summed E-state index contributed by atoms with van der Waals surface area (Å²) in [4.78, 5) is 5.00. The van der Waals surface area contributed by atoms with Crippen molar-refractivity contribution in [2.24, 2.45) is 0 Å². The third-order valence-electron chi connectivity index (χ3n) is 3.39. The number of nitrogens with two attached hydrogens (primary N) is 1. The molecule has 0 amide bonds. The van der Waals surface area contributed by atoms with Gasteiger partial charge >= 0.3 is 0 Å². The van der Waals surface area contributed by atoms with E-state index in [1.807, 2.05) is 12.1 Å². The highest BCUT2D eigenvalue weighted by Crippen LogP contribution is 2.18. The lowest BCUT2D eigenvalue weighted by Crippen LogP contribution is -2.45. The molecule has 100 valence electrons. The predicted octanol–water partition coefficient (Wildman–Crippen LogP) is 2.45. The standard InChI is InChI=1S/C14H22ClN3/c1-2-3-17-4-6-18(7-5-17)11-12-8-13(15)10-14(16)9-12/h8-10H,2-7,11,16H2,1H3. The average Bonchev–Trinajstić information content (AvgIpc) is 2.31. The van der Waals surface area contributed by atoms with E-state index >= 15 is 0 Å². The van der Waals surface area contributed by atoms with Crippen LogP contribution in [0.15, 0.2) is 18.2 Å². The molecular formula is C14H22ClN3. The largest absolute Gasteiger partial charge is 0.399 e. The van der Waals surface area contributed by atoms with Gasteiger partial charge in [-0.25, -0.2) is 0 Å². The molecule has 1 heterocycles. The first-order chi connectivity index (χ1) is 8.67. The van der Waals surface area contributed by atoms with Gasteiger partial charge in [-0.05, 0) is 36.7 Å². The van der Waals surface area contributed by atoms with Crippen LogP contribution in [0.1, 0.15) is 18.9 Å². The van der Waals surface area contributed by atoms with Gasteiger partial charge in [0.25, 0.3) is 0 Å². The molecule has 0 aromatic heterocycles. The van der Waals surface area contributed by atoms with Crippen molar-refractivity contribution in [3.05, 3.63) is 28.8 Å². The molecule has 18 heavy (non-hydrogen) atoms. The van der Waals surface area contributed by atoms with E-state index < -0.39 is 0 Å². The maximum atomic E-state index is 6.03. The van der Waals surface area contributed by atoms with E-state index in [9.17, 15) is 0 Å². The predicted molar refractivity (Wildman–Crippen MR) is 77.9 cm³/mol. The molecule has 4 heteroatoms. The van der Waals surface area contributed by atoms with Crippen LogP contribution in [0.3, 0.4) is 0 Å². The molecule has 0 atom stereocenters. The molecule has 3 nitrogen and oxygen atoms in total. The lowest BCUT2D eigenvalue weighted by atomic mass is 10.1. The fourth-order valence-corrected chi connectivity index (χ4v) is 2.78. The van der Waals surface area contributed by atoms with Crippen LogP contribution >= 0.6 is 11.6 Å². The topological polar surface area (TPSA) is 32.5 Å². The number of piperazine rings is 1. The summed E-state index contributed by atoms with van der Waals surface area (Å²) in [6.45, 7) is 9.01. The van der Waals surface area contributed by atoms with Crippen molar-refractivity contribution in [2.45, 2.75) is 19.9 Å². The van der Waals surface area contributed by atoms with Crippen LogP contribution < -0.4 is 5.73 Å². The van der Waals surface area contributed by atoms with Crippen molar-refractivity contribution >= 4 is 17.3 Å². The Morgan fingerprint density at radius 2 is 1.78 bits per heavy atom. The summed E-state index contributed by atoms with van der Waals surface area (Å²) < 4.78 is 0. The van der Waals surface area contributed by atoms with E-state index in [1.54, 1.807) is 6.07 Å². The number of anilines is 1. The highest BCUT2D eigenvalue weighted by molar-refractivity contribution is 6.30. The zero-order valence-corrected chi connectivity index (χ0v) is 11.8. The van der Waals surface area contributed by atoms with Crippen molar-refractivity contribution in [3.63, 3.8) is 0 Å². The highest BCUT2D eigenvalue weighted by atomic mass is 35.5. The summed E-state index contributed by atoms with van der Waals surface area (Å²) in [6.07, 6.45) is 1.24. The SMILES string of the molecule is CCCN1CCN(Cc2cc(N)cc(Cl)c2)CC1. The second-order valence-electron chi connectivity index (χ2n) is 5.01. The zero-order chi connectivity index (χ0) is 13.0. The Morgan fingerprint density at radius 3 is 2.39 bits per heavy atom. The molecule has 2 rings (SSSR count). The summed E-state index contributed by atoms with van der Waals surface area (Å²) in [5.41, 5.74) is 7.78. The van der Waals surface area contributed by atoms with E-state index in [0.717, 1.165) is 30.3 Å².